The predicted molar refractivity (Wildman–Crippen MR) is 84.1 cm³/mol. The molecular weight excluding hydrogens is 284 g/mol. The first-order valence-corrected chi connectivity index (χ1v) is 6.86. The molecule has 0 saturated heterocycles. The SMILES string of the molecule is COc1ccc(-n2cc(COC[C@@H](C)N)cc(N)c2=O)nc1. The summed E-state index contributed by atoms with van der Waals surface area (Å²) in [5.41, 5.74) is 12.0. The fourth-order valence-corrected chi connectivity index (χ4v) is 1.91. The number of methoxy groups -OCH3 is 1. The van der Waals surface area contributed by atoms with Gasteiger partial charge in [0.05, 0.1) is 32.2 Å². The normalized spacial score (nSPS) is 12.1. The highest BCUT2D eigenvalue weighted by molar-refractivity contribution is 5.41. The maximum Gasteiger partial charge on any atom is 0.279 e. The van der Waals surface area contributed by atoms with E-state index in [2.05, 4.69) is 4.98 Å². The summed E-state index contributed by atoms with van der Waals surface area (Å²) in [6.45, 7) is 2.61. The zero-order valence-corrected chi connectivity index (χ0v) is 12.7. The Morgan fingerprint density at radius 2 is 2.18 bits per heavy atom. The fraction of sp³-hybridized carbons (Fsp3) is 0.333. The van der Waals surface area contributed by atoms with E-state index >= 15 is 0 Å². The molecule has 7 nitrogen and oxygen atoms in total. The molecule has 0 saturated carbocycles. The van der Waals surface area contributed by atoms with E-state index < -0.39 is 0 Å². The quantitative estimate of drug-likeness (QED) is 0.813. The van der Waals surface area contributed by atoms with Gasteiger partial charge in [0.25, 0.3) is 5.56 Å². The Hall–Kier alpha value is -2.38. The number of nitrogens with zero attached hydrogens (tertiary/aromatic N) is 2. The molecule has 118 valence electrons. The Balaban J connectivity index is 2.29. The van der Waals surface area contributed by atoms with Gasteiger partial charge in [-0.25, -0.2) is 4.98 Å². The second kappa shape index (κ2) is 7.06. The van der Waals surface area contributed by atoms with E-state index in [0.29, 0.717) is 24.8 Å². The third-order valence-corrected chi connectivity index (χ3v) is 2.95. The van der Waals surface area contributed by atoms with Gasteiger partial charge in [-0.3, -0.25) is 9.36 Å². The van der Waals surface area contributed by atoms with Crippen molar-refractivity contribution in [1.29, 1.82) is 0 Å². The molecule has 0 radical (unpaired) electrons. The Bertz CT molecular complexity index is 680. The molecule has 0 aliphatic carbocycles. The first-order valence-electron chi connectivity index (χ1n) is 6.86. The van der Waals surface area contributed by atoms with Crippen molar-refractivity contribution in [3.8, 4) is 11.6 Å². The molecule has 0 bridgehead atoms. The van der Waals surface area contributed by atoms with Gasteiger partial charge in [-0.15, -0.1) is 0 Å². The zero-order chi connectivity index (χ0) is 16.1. The van der Waals surface area contributed by atoms with E-state index in [1.54, 1.807) is 31.5 Å². The number of ether oxygens (including phenoxy) is 2. The average Bonchev–Trinajstić information content (AvgIpc) is 2.50. The summed E-state index contributed by atoms with van der Waals surface area (Å²) in [7, 11) is 1.55. The van der Waals surface area contributed by atoms with Crippen molar-refractivity contribution >= 4 is 5.69 Å². The van der Waals surface area contributed by atoms with E-state index in [9.17, 15) is 4.79 Å². The molecule has 0 unspecified atom stereocenters. The van der Waals surface area contributed by atoms with Gasteiger partial charge in [-0.2, -0.15) is 0 Å². The minimum absolute atomic E-state index is 0.0495. The van der Waals surface area contributed by atoms with Crippen LogP contribution in [0.2, 0.25) is 0 Å². The third kappa shape index (κ3) is 3.84. The molecule has 22 heavy (non-hydrogen) atoms. The highest BCUT2D eigenvalue weighted by atomic mass is 16.5. The smallest absolute Gasteiger partial charge is 0.279 e. The Kier molecular flexibility index (Phi) is 5.13. The van der Waals surface area contributed by atoms with Crippen molar-refractivity contribution in [1.82, 2.24) is 9.55 Å². The maximum absolute atomic E-state index is 12.2. The van der Waals surface area contributed by atoms with Gasteiger partial charge < -0.3 is 20.9 Å². The monoisotopic (exact) mass is 304 g/mol. The standard InChI is InChI=1S/C15H20N4O3/c1-10(16)8-22-9-11-5-13(17)15(20)19(7-11)14-4-3-12(21-2)6-18-14/h3-7,10H,8-9,16-17H2,1-2H3/t10-/m1/s1. The fourth-order valence-electron chi connectivity index (χ4n) is 1.91. The average molecular weight is 304 g/mol. The number of rotatable bonds is 6. The highest BCUT2D eigenvalue weighted by Gasteiger charge is 2.08. The number of hydrogen-bond donors (Lipinski definition) is 2. The first kappa shape index (κ1) is 16.0. The van der Waals surface area contributed by atoms with Crippen LogP contribution in [-0.4, -0.2) is 29.3 Å². The van der Waals surface area contributed by atoms with E-state index in [1.807, 2.05) is 6.92 Å². The summed E-state index contributed by atoms with van der Waals surface area (Å²) in [6, 6.07) is 4.96. The molecule has 0 aliphatic heterocycles. The Morgan fingerprint density at radius 1 is 1.41 bits per heavy atom. The number of nitrogen functional groups attached to an aromatic ring is 1. The Morgan fingerprint density at radius 3 is 2.77 bits per heavy atom. The van der Waals surface area contributed by atoms with E-state index in [-0.39, 0.29) is 17.3 Å². The maximum atomic E-state index is 12.2. The number of pyridine rings is 2. The van der Waals surface area contributed by atoms with Gasteiger partial charge in [0.15, 0.2) is 0 Å². The van der Waals surface area contributed by atoms with Gasteiger partial charge >= 0.3 is 0 Å². The zero-order valence-electron chi connectivity index (χ0n) is 12.7. The lowest BCUT2D eigenvalue weighted by molar-refractivity contribution is 0.111. The molecule has 2 rings (SSSR count). The van der Waals surface area contributed by atoms with Gasteiger partial charge in [0, 0.05) is 12.2 Å². The molecular formula is C15H20N4O3. The highest BCUT2D eigenvalue weighted by Crippen LogP contribution is 2.12. The largest absolute Gasteiger partial charge is 0.495 e. The molecule has 2 aromatic rings. The van der Waals surface area contributed by atoms with Gasteiger partial charge in [-0.1, -0.05) is 0 Å². The summed E-state index contributed by atoms with van der Waals surface area (Å²) in [5.74, 6) is 1.08. The van der Waals surface area contributed by atoms with Crippen LogP contribution in [0.3, 0.4) is 0 Å². The molecule has 0 spiro atoms. The van der Waals surface area contributed by atoms with E-state index in [4.69, 9.17) is 20.9 Å². The topological polar surface area (TPSA) is 105 Å². The molecule has 0 aliphatic rings. The van der Waals surface area contributed by atoms with Crippen LogP contribution in [0.4, 0.5) is 5.69 Å². The van der Waals surface area contributed by atoms with Gasteiger partial charge in [0.1, 0.15) is 11.6 Å². The van der Waals surface area contributed by atoms with Crippen molar-refractivity contribution in [3.63, 3.8) is 0 Å². The summed E-state index contributed by atoms with van der Waals surface area (Å²) in [6.07, 6.45) is 3.20. The van der Waals surface area contributed by atoms with Crippen molar-refractivity contribution in [2.24, 2.45) is 5.73 Å². The van der Waals surface area contributed by atoms with Crippen LogP contribution in [0, 0.1) is 0 Å². The molecule has 7 heteroatoms. The van der Waals surface area contributed by atoms with Crippen LogP contribution >= 0.6 is 0 Å². The lowest BCUT2D eigenvalue weighted by Gasteiger charge is -2.11. The minimum Gasteiger partial charge on any atom is -0.495 e. The van der Waals surface area contributed by atoms with E-state index in [0.717, 1.165) is 5.56 Å². The van der Waals surface area contributed by atoms with Crippen molar-refractivity contribution < 1.29 is 9.47 Å². The van der Waals surface area contributed by atoms with Crippen LogP contribution in [-0.2, 0) is 11.3 Å². The second-order valence-corrected chi connectivity index (χ2v) is 5.03. The lowest BCUT2D eigenvalue weighted by atomic mass is 10.2. The predicted octanol–water partition coefficient (Wildman–Crippen LogP) is 0.687. The lowest BCUT2D eigenvalue weighted by Crippen LogP contribution is -2.24. The van der Waals surface area contributed by atoms with Crippen molar-refractivity contribution in [2.75, 3.05) is 19.5 Å². The molecule has 4 N–H and O–H groups in total. The summed E-state index contributed by atoms with van der Waals surface area (Å²) in [5, 5.41) is 0. The summed E-state index contributed by atoms with van der Waals surface area (Å²) >= 11 is 0. The van der Waals surface area contributed by atoms with Crippen molar-refractivity contribution in [3.05, 3.63) is 46.5 Å². The summed E-state index contributed by atoms with van der Waals surface area (Å²) < 4.78 is 11.9. The van der Waals surface area contributed by atoms with Crippen LogP contribution in [0.5, 0.6) is 5.75 Å². The van der Waals surface area contributed by atoms with Crippen molar-refractivity contribution in [2.45, 2.75) is 19.6 Å². The number of aromatic nitrogens is 2. The second-order valence-electron chi connectivity index (χ2n) is 5.03. The first-order chi connectivity index (χ1) is 10.5. The molecule has 0 amide bonds. The molecule has 1 atom stereocenters. The molecule has 0 fully saturated rings. The van der Waals surface area contributed by atoms with Gasteiger partial charge in [0.2, 0.25) is 0 Å². The molecule has 0 aromatic carbocycles. The van der Waals surface area contributed by atoms with Crippen LogP contribution in [0.25, 0.3) is 5.82 Å². The Labute approximate surface area is 128 Å². The number of anilines is 1. The minimum atomic E-state index is -0.325. The van der Waals surface area contributed by atoms with Crippen LogP contribution in [0.15, 0.2) is 35.4 Å². The van der Waals surface area contributed by atoms with Crippen LogP contribution < -0.4 is 21.8 Å². The van der Waals surface area contributed by atoms with E-state index in [1.165, 1.54) is 10.8 Å². The molecule has 2 heterocycles. The van der Waals surface area contributed by atoms with Gasteiger partial charge in [-0.05, 0) is 30.7 Å². The number of hydrogen-bond acceptors (Lipinski definition) is 6. The van der Waals surface area contributed by atoms with Crippen LogP contribution in [0.1, 0.15) is 12.5 Å². The number of nitrogens with two attached hydrogens (primary N) is 2. The third-order valence-electron chi connectivity index (χ3n) is 2.95. The molecule has 2 aromatic heterocycles. The summed E-state index contributed by atoms with van der Waals surface area (Å²) in [4.78, 5) is 16.4.